The van der Waals surface area contributed by atoms with Crippen LogP contribution < -0.4 is 26.0 Å². The number of nitrogens with zero attached hydrogens (tertiary/aromatic N) is 2. The Kier molecular flexibility index (Phi) is 8.56. The Hall–Kier alpha value is -2.49. The molecular weight excluding hydrogens is 481 g/mol. The molecule has 0 spiro atoms. The Morgan fingerprint density at radius 3 is 2.79 bits per heavy atom. The van der Waals surface area contributed by atoms with Gasteiger partial charge in [0.1, 0.15) is 5.75 Å². The van der Waals surface area contributed by atoms with E-state index in [4.69, 9.17) is 10.5 Å². The van der Waals surface area contributed by atoms with Crippen LogP contribution in [0.3, 0.4) is 0 Å². The van der Waals surface area contributed by atoms with Crippen molar-refractivity contribution < 1.29 is 9.53 Å². The van der Waals surface area contributed by atoms with Gasteiger partial charge in [-0.3, -0.25) is 9.79 Å². The van der Waals surface area contributed by atoms with Crippen LogP contribution in [-0.2, 0) is 6.54 Å². The molecule has 0 saturated carbocycles. The zero-order valence-electron chi connectivity index (χ0n) is 16.7. The number of hydrogen-bond donors (Lipinski definition) is 3. The summed E-state index contributed by atoms with van der Waals surface area (Å²) >= 11 is 0. The highest BCUT2D eigenvalue weighted by Crippen LogP contribution is 2.30. The van der Waals surface area contributed by atoms with E-state index in [9.17, 15) is 4.79 Å². The number of hydrogen-bond acceptors (Lipinski definition) is 4. The van der Waals surface area contributed by atoms with Crippen molar-refractivity contribution in [2.24, 2.45) is 10.7 Å². The van der Waals surface area contributed by atoms with Crippen LogP contribution in [0.5, 0.6) is 5.75 Å². The van der Waals surface area contributed by atoms with Gasteiger partial charge in [0.15, 0.2) is 5.96 Å². The quantitative estimate of drug-likeness (QED) is 0.316. The maximum atomic E-state index is 11.3. The molecule has 8 heteroatoms. The van der Waals surface area contributed by atoms with Gasteiger partial charge in [0.05, 0.1) is 12.8 Å². The summed E-state index contributed by atoms with van der Waals surface area (Å²) in [5.41, 5.74) is 7.94. The normalized spacial score (nSPS) is 16.1. The molecule has 1 atom stereocenters. The Balaban J connectivity index is 0.00000300. The third kappa shape index (κ3) is 5.99. The topological polar surface area (TPSA) is 92.0 Å². The van der Waals surface area contributed by atoms with E-state index in [0.717, 1.165) is 42.5 Å². The molecule has 0 radical (unpaired) electrons. The minimum absolute atomic E-state index is 0. The molecule has 1 fully saturated rings. The molecule has 1 amide bonds. The lowest BCUT2D eigenvalue weighted by atomic mass is 10.1. The van der Waals surface area contributed by atoms with E-state index in [0.29, 0.717) is 12.1 Å². The fourth-order valence-electron chi connectivity index (χ4n) is 3.40. The molecule has 29 heavy (non-hydrogen) atoms. The van der Waals surface area contributed by atoms with Gasteiger partial charge in [-0.2, -0.15) is 0 Å². The molecular formula is C21H28IN5O2. The minimum Gasteiger partial charge on any atom is -0.495 e. The van der Waals surface area contributed by atoms with Crippen molar-refractivity contribution in [1.82, 2.24) is 10.6 Å². The van der Waals surface area contributed by atoms with Crippen LogP contribution in [-0.4, -0.2) is 45.2 Å². The summed E-state index contributed by atoms with van der Waals surface area (Å²) in [7, 11) is 3.45. The molecule has 2 aromatic carbocycles. The number of nitrogens with one attached hydrogen (secondary N) is 2. The Morgan fingerprint density at radius 2 is 2.07 bits per heavy atom. The maximum absolute atomic E-state index is 11.3. The predicted octanol–water partition coefficient (Wildman–Crippen LogP) is 2.36. The zero-order chi connectivity index (χ0) is 19.9. The molecule has 1 aliphatic rings. The molecule has 4 N–H and O–H groups in total. The second kappa shape index (κ2) is 10.9. The molecule has 0 aliphatic carbocycles. The van der Waals surface area contributed by atoms with E-state index in [-0.39, 0.29) is 30.0 Å². The van der Waals surface area contributed by atoms with Crippen LogP contribution in [0.25, 0.3) is 0 Å². The number of carbonyl (C=O) groups excluding carboxylic acids is 1. The van der Waals surface area contributed by atoms with Gasteiger partial charge in [0, 0.05) is 38.3 Å². The highest BCUT2D eigenvalue weighted by Gasteiger charge is 2.25. The van der Waals surface area contributed by atoms with Gasteiger partial charge in [-0.05, 0) is 36.2 Å². The first-order valence-electron chi connectivity index (χ1n) is 9.34. The lowest BCUT2D eigenvalue weighted by Gasteiger charge is -2.22. The molecule has 0 bridgehead atoms. The number of nitrogens with two attached hydrogens (primary N) is 1. The maximum Gasteiger partial charge on any atom is 0.248 e. The zero-order valence-corrected chi connectivity index (χ0v) is 19.1. The molecule has 1 unspecified atom stereocenters. The van der Waals surface area contributed by atoms with Crippen molar-refractivity contribution in [3.05, 3.63) is 59.7 Å². The average Bonchev–Trinajstić information content (AvgIpc) is 3.19. The number of amides is 1. The molecule has 156 valence electrons. The van der Waals surface area contributed by atoms with Crippen LogP contribution in [0.4, 0.5) is 5.69 Å². The average molecular weight is 509 g/mol. The van der Waals surface area contributed by atoms with E-state index in [1.165, 1.54) is 0 Å². The van der Waals surface area contributed by atoms with Crippen LogP contribution >= 0.6 is 24.0 Å². The number of guanidine groups is 1. The monoisotopic (exact) mass is 509 g/mol. The first kappa shape index (κ1) is 22.8. The SMILES string of the molecule is CN=C(NCc1cccc(C(N)=O)c1)NC1CCN(c2ccccc2OC)C1.I. The summed E-state index contributed by atoms with van der Waals surface area (Å²) in [5.74, 6) is 1.20. The standard InChI is InChI=1S/C21H27N5O2.HI/c1-23-21(24-13-15-6-5-7-16(12-15)20(22)27)25-17-10-11-26(14-17)18-8-3-4-9-19(18)28-2;/h3-9,12,17H,10-11,13-14H2,1-2H3,(H2,22,27)(H2,23,24,25);1H. The number of rotatable bonds is 6. The smallest absolute Gasteiger partial charge is 0.248 e. The number of ether oxygens (including phenoxy) is 1. The summed E-state index contributed by atoms with van der Waals surface area (Å²) in [6.07, 6.45) is 1.01. The number of primary amides is 1. The van der Waals surface area contributed by atoms with E-state index in [1.54, 1.807) is 26.3 Å². The van der Waals surface area contributed by atoms with Gasteiger partial charge >= 0.3 is 0 Å². The largest absolute Gasteiger partial charge is 0.495 e. The van der Waals surface area contributed by atoms with Gasteiger partial charge in [0.25, 0.3) is 0 Å². The first-order chi connectivity index (χ1) is 13.6. The number of halogens is 1. The molecule has 2 aromatic rings. The number of methoxy groups -OCH3 is 1. The molecule has 3 rings (SSSR count). The highest BCUT2D eigenvalue weighted by molar-refractivity contribution is 14.0. The second-order valence-corrected chi connectivity index (χ2v) is 6.74. The fraction of sp³-hybridized carbons (Fsp3) is 0.333. The number of carbonyl (C=O) groups is 1. The third-order valence-electron chi connectivity index (χ3n) is 4.85. The number of aliphatic imine (C=N–C) groups is 1. The number of para-hydroxylation sites is 2. The second-order valence-electron chi connectivity index (χ2n) is 6.74. The van der Waals surface area contributed by atoms with Crippen molar-refractivity contribution in [3.63, 3.8) is 0 Å². The molecule has 1 heterocycles. The summed E-state index contributed by atoms with van der Waals surface area (Å²) in [6, 6.07) is 15.6. The predicted molar refractivity (Wildman–Crippen MR) is 127 cm³/mol. The lowest BCUT2D eigenvalue weighted by molar-refractivity contribution is 0.1000. The Labute approximate surface area is 188 Å². The van der Waals surface area contributed by atoms with Crippen molar-refractivity contribution in [2.75, 3.05) is 32.1 Å². The van der Waals surface area contributed by atoms with Gasteiger partial charge in [-0.25, -0.2) is 0 Å². The summed E-state index contributed by atoms with van der Waals surface area (Å²) in [5, 5.41) is 6.77. The minimum atomic E-state index is -0.424. The van der Waals surface area contributed by atoms with Crippen LogP contribution in [0.15, 0.2) is 53.5 Å². The number of benzene rings is 2. The van der Waals surface area contributed by atoms with Crippen molar-refractivity contribution >= 4 is 41.5 Å². The van der Waals surface area contributed by atoms with Crippen LogP contribution in [0, 0.1) is 0 Å². The van der Waals surface area contributed by atoms with Gasteiger partial charge in [-0.15, -0.1) is 24.0 Å². The van der Waals surface area contributed by atoms with Gasteiger partial charge in [-0.1, -0.05) is 24.3 Å². The van der Waals surface area contributed by atoms with Crippen molar-refractivity contribution in [2.45, 2.75) is 19.0 Å². The highest BCUT2D eigenvalue weighted by atomic mass is 127. The molecule has 7 nitrogen and oxygen atoms in total. The summed E-state index contributed by atoms with van der Waals surface area (Å²) < 4.78 is 5.48. The Morgan fingerprint density at radius 1 is 1.28 bits per heavy atom. The summed E-state index contributed by atoms with van der Waals surface area (Å²) in [6.45, 7) is 2.39. The lowest BCUT2D eigenvalue weighted by Crippen LogP contribution is -2.44. The molecule has 1 saturated heterocycles. The van der Waals surface area contributed by atoms with E-state index in [1.807, 2.05) is 30.3 Å². The van der Waals surface area contributed by atoms with Crippen LogP contribution in [0.2, 0.25) is 0 Å². The van der Waals surface area contributed by atoms with Gasteiger partial charge in [0.2, 0.25) is 5.91 Å². The van der Waals surface area contributed by atoms with Gasteiger partial charge < -0.3 is 26.0 Å². The first-order valence-corrected chi connectivity index (χ1v) is 9.34. The van der Waals surface area contributed by atoms with E-state index >= 15 is 0 Å². The van der Waals surface area contributed by atoms with Crippen LogP contribution in [0.1, 0.15) is 22.3 Å². The molecule has 1 aliphatic heterocycles. The summed E-state index contributed by atoms with van der Waals surface area (Å²) in [4.78, 5) is 18.0. The van der Waals surface area contributed by atoms with E-state index in [2.05, 4.69) is 26.6 Å². The van der Waals surface area contributed by atoms with Crippen molar-refractivity contribution in [3.8, 4) is 5.75 Å². The Bertz CT molecular complexity index is 858. The fourth-order valence-corrected chi connectivity index (χ4v) is 3.40. The molecule has 0 aromatic heterocycles. The van der Waals surface area contributed by atoms with Crippen molar-refractivity contribution in [1.29, 1.82) is 0 Å². The third-order valence-corrected chi connectivity index (χ3v) is 4.85. The number of anilines is 1. The van der Waals surface area contributed by atoms with E-state index < -0.39 is 5.91 Å².